The van der Waals surface area contributed by atoms with Gasteiger partial charge in [0.2, 0.25) is 5.60 Å². The minimum atomic E-state index is -1.35. The molecule has 0 amide bonds. The zero-order chi connectivity index (χ0) is 16.5. The van der Waals surface area contributed by atoms with Gasteiger partial charge in [0.1, 0.15) is 12.2 Å². The lowest BCUT2D eigenvalue weighted by Crippen LogP contribution is -2.44. The fraction of sp³-hybridized carbons (Fsp3) is 0.812. The molecule has 1 heterocycles. The van der Waals surface area contributed by atoms with E-state index in [-0.39, 0.29) is 23.9 Å². The molecular formula is C16H24O6. The number of carbonyl (C=O) groups excluding carboxylic acids is 3. The second-order valence-corrected chi connectivity index (χ2v) is 6.67. The second kappa shape index (κ2) is 6.26. The van der Waals surface area contributed by atoms with Gasteiger partial charge in [-0.2, -0.15) is 0 Å². The lowest BCUT2D eigenvalue weighted by molar-refractivity contribution is -0.189. The molecule has 0 radical (unpaired) electrons. The average molecular weight is 312 g/mol. The fourth-order valence-electron chi connectivity index (χ4n) is 2.66. The molecule has 6 heteroatoms. The summed E-state index contributed by atoms with van der Waals surface area (Å²) in [6.45, 7) is 6.66. The highest BCUT2D eigenvalue weighted by atomic mass is 16.6. The Kier molecular flexibility index (Phi) is 4.78. The molecule has 2 aliphatic rings. The Balaban J connectivity index is 1.93. The van der Waals surface area contributed by atoms with Crippen LogP contribution in [-0.2, 0) is 28.6 Å². The second-order valence-electron chi connectivity index (χ2n) is 6.67. The van der Waals surface area contributed by atoms with Crippen LogP contribution in [0.2, 0.25) is 0 Å². The molecule has 0 aromatic carbocycles. The first-order valence-electron chi connectivity index (χ1n) is 7.89. The highest BCUT2D eigenvalue weighted by Gasteiger charge is 2.46. The van der Waals surface area contributed by atoms with Gasteiger partial charge in [-0.15, -0.1) is 0 Å². The molecule has 0 N–H and O–H groups in total. The zero-order valence-electron chi connectivity index (χ0n) is 13.6. The van der Waals surface area contributed by atoms with Crippen LogP contribution in [0.3, 0.4) is 0 Å². The van der Waals surface area contributed by atoms with Gasteiger partial charge in [-0.25, -0.2) is 4.79 Å². The molecule has 124 valence electrons. The third-order valence-electron chi connectivity index (χ3n) is 4.45. The van der Waals surface area contributed by atoms with E-state index >= 15 is 0 Å². The van der Waals surface area contributed by atoms with Crippen LogP contribution >= 0.6 is 0 Å². The molecule has 6 nitrogen and oxygen atoms in total. The summed E-state index contributed by atoms with van der Waals surface area (Å²) in [5, 5.41) is 0. The van der Waals surface area contributed by atoms with E-state index in [4.69, 9.17) is 14.2 Å². The Morgan fingerprint density at radius 1 is 1.36 bits per heavy atom. The molecule has 0 spiro atoms. The van der Waals surface area contributed by atoms with Crippen molar-refractivity contribution in [2.45, 2.75) is 71.2 Å². The van der Waals surface area contributed by atoms with Crippen LogP contribution in [-0.4, -0.2) is 35.7 Å². The van der Waals surface area contributed by atoms with E-state index in [2.05, 4.69) is 0 Å². The predicted molar refractivity (Wildman–Crippen MR) is 76.7 cm³/mol. The van der Waals surface area contributed by atoms with Crippen molar-refractivity contribution in [2.75, 3.05) is 0 Å². The van der Waals surface area contributed by atoms with E-state index in [0.717, 1.165) is 0 Å². The summed E-state index contributed by atoms with van der Waals surface area (Å²) in [5.41, 5.74) is -1.35. The quantitative estimate of drug-likeness (QED) is 0.570. The molecule has 1 saturated carbocycles. The van der Waals surface area contributed by atoms with Gasteiger partial charge in [-0.3, -0.25) is 9.59 Å². The summed E-state index contributed by atoms with van der Waals surface area (Å²) in [5.74, 6) is -1.54. The van der Waals surface area contributed by atoms with Crippen molar-refractivity contribution in [3.05, 3.63) is 0 Å². The Bertz CT molecular complexity index is 469. The maximum atomic E-state index is 12.3. The van der Waals surface area contributed by atoms with Crippen LogP contribution in [0.5, 0.6) is 0 Å². The van der Waals surface area contributed by atoms with E-state index < -0.39 is 23.6 Å². The molecule has 1 aliphatic heterocycles. The molecule has 22 heavy (non-hydrogen) atoms. The van der Waals surface area contributed by atoms with Crippen LogP contribution in [0, 0.1) is 11.8 Å². The molecule has 0 aromatic rings. The molecule has 2 fully saturated rings. The van der Waals surface area contributed by atoms with Gasteiger partial charge in [-0.05, 0) is 33.1 Å². The highest BCUT2D eigenvalue weighted by molar-refractivity contribution is 5.83. The molecule has 4 atom stereocenters. The van der Waals surface area contributed by atoms with E-state index in [9.17, 15) is 14.4 Å². The van der Waals surface area contributed by atoms with Gasteiger partial charge in [0.25, 0.3) is 0 Å². The third-order valence-corrected chi connectivity index (χ3v) is 4.45. The highest BCUT2D eigenvalue weighted by Crippen LogP contribution is 2.36. The van der Waals surface area contributed by atoms with Crippen LogP contribution in [0.4, 0.5) is 0 Å². The van der Waals surface area contributed by atoms with Crippen LogP contribution in [0.1, 0.15) is 53.4 Å². The summed E-state index contributed by atoms with van der Waals surface area (Å²) >= 11 is 0. The first kappa shape index (κ1) is 16.8. The number of esters is 3. The van der Waals surface area contributed by atoms with Crippen molar-refractivity contribution in [2.24, 2.45) is 11.8 Å². The van der Waals surface area contributed by atoms with E-state index in [1.807, 2.05) is 6.92 Å². The smallest absolute Gasteiger partial charge is 0.350 e. The number of carbonyl (C=O) groups is 3. The van der Waals surface area contributed by atoms with Crippen molar-refractivity contribution in [3.63, 3.8) is 0 Å². The number of hydrogen-bond donors (Lipinski definition) is 0. The van der Waals surface area contributed by atoms with E-state index in [0.29, 0.717) is 25.7 Å². The Morgan fingerprint density at radius 2 is 2.05 bits per heavy atom. The Labute approximate surface area is 130 Å². The lowest BCUT2D eigenvalue weighted by atomic mass is 9.88. The molecule has 1 saturated heterocycles. The summed E-state index contributed by atoms with van der Waals surface area (Å²) in [4.78, 5) is 35.7. The summed E-state index contributed by atoms with van der Waals surface area (Å²) < 4.78 is 16.0. The molecule has 1 aliphatic carbocycles. The first-order chi connectivity index (χ1) is 10.2. The summed E-state index contributed by atoms with van der Waals surface area (Å²) in [6.07, 6.45) is 1.70. The molecule has 2 bridgehead atoms. The van der Waals surface area contributed by atoms with Crippen molar-refractivity contribution in [3.8, 4) is 0 Å². The summed E-state index contributed by atoms with van der Waals surface area (Å²) in [6, 6.07) is 0. The van der Waals surface area contributed by atoms with Crippen LogP contribution < -0.4 is 0 Å². The van der Waals surface area contributed by atoms with Gasteiger partial charge < -0.3 is 14.2 Å². The van der Waals surface area contributed by atoms with Gasteiger partial charge in [0, 0.05) is 6.42 Å². The van der Waals surface area contributed by atoms with Crippen molar-refractivity contribution in [1.29, 1.82) is 0 Å². The van der Waals surface area contributed by atoms with Gasteiger partial charge in [0.05, 0.1) is 11.8 Å². The maximum Gasteiger partial charge on any atom is 0.350 e. The van der Waals surface area contributed by atoms with Crippen LogP contribution in [0.15, 0.2) is 0 Å². The lowest BCUT2D eigenvalue weighted by Gasteiger charge is -2.30. The number of ether oxygens (including phenoxy) is 3. The topological polar surface area (TPSA) is 78.9 Å². The minimum absolute atomic E-state index is 0.0591. The average Bonchev–Trinajstić information content (AvgIpc) is 2.76. The minimum Gasteiger partial charge on any atom is -0.458 e. The van der Waals surface area contributed by atoms with Gasteiger partial charge >= 0.3 is 17.9 Å². The predicted octanol–water partition coefficient (Wildman–Crippen LogP) is 1.99. The molecular weight excluding hydrogens is 288 g/mol. The van der Waals surface area contributed by atoms with Crippen molar-refractivity contribution >= 4 is 17.9 Å². The van der Waals surface area contributed by atoms with Crippen molar-refractivity contribution in [1.82, 2.24) is 0 Å². The maximum absolute atomic E-state index is 12.3. The van der Waals surface area contributed by atoms with Gasteiger partial charge in [-0.1, -0.05) is 13.8 Å². The standard InChI is InChI=1S/C16H24O6/c1-5-9(2)13(17)22-16(3,4)15(19)21-11-7-6-10-8-12(11)20-14(10)18/h9-12H,5-8H2,1-4H3. The van der Waals surface area contributed by atoms with Crippen molar-refractivity contribution < 1.29 is 28.6 Å². The monoisotopic (exact) mass is 312 g/mol. The normalized spacial score (nSPS) is 28.7. The Hall–Kier alpha value is -1.59. The first-order valence-corrected chi connectivity index (χ1v) is 7.89. The largest absolute Gasteiger partial charge is 0.458 e. The zero-order valence-corrected chi connectivity index (χ0v) is 13.6. The Morgan fingerprint density at radius 3 is 2.68 bits per heavy atom. The summed E-state index contributed by atoms with van der Waals surface area (Å²) in [7, 11) is 0. The van der Waals surface area contributed by atoms with Gasteiger partial charge in [0.15, 0.2) is 0 Å². The fourth-order valence-corrected chi connectivity index (χ4v) is 2.66. The number of fused-ring (bicyclic) bond motifs is 2. The van der Waals surface area contributed by atoms with E-state index in [1.165, 1.54) is 13.8 Å². The molecule has 0 aromatic heterocycles. The molecule has 4 unspecified atom stereocenters. The van der Waals surface area contributed by atoms with E-state index in [1.54, 1.807) is 6.92 Å². The molecule has 2 rings (SSSR count). The number of rotatable bonds is 5. The number of hydrogen-bond acceptors (Lipinski definition) is 6. The van der Waals surface area contributed by atoms with Crippen LogP contribution in [0.25, 0.3) is 0 Å². The third kappa shape index (κ3) is 3.42. The SMILES string of the molecule is CCC(C)C(=O)OC(C)(C)C(=O)OC1CCC2CC1OC2=O.